The summed E-state index contributed by atoms with van der Waals surface area (Å²) in [4.78, 5) is 22.8. The van der Waals surface area contributed by atoms with E-state index in [1.54, 1.807) is 14.2 Å². The number of amides is 2. The maximum atomic E-state index is 12.0. The molecular weight excluding hydrogens is 432 g/mol. The summed E-state index contributed by atoms with van der Waals surface area (Å²) in [5.74, 6) is 1.51. The van der Waals surface area contributed by atoms with Gasteiger partial charge < -0.3 is 24.8 Å². The Bertz CT molecular complexity index is 657. The van der Waals surface area contributed by atoms with Crippen LogP contribution in [0.25, 0.3) is 0 Å². The first-order chi connectivity index (χ1) is 15.0. The fraction of sp³-hybridized carbons (Fsp3) is 0.667. The van der Waals surface area contributed by atoms with Gasteiger partial charge in [0.15, 0.2) is 11.5 Å². The summed E-state index contributed by atoms with van der Waals surface area (Å²) >= 11 is 0. The summed E-state index contributed by atoms with van der Waals surface area (Å²) in [6.45, 7) is 5.66. The van der Waals surface area contributed by atoms with E-state index in [2.05, 4.69) is 22.8 Å². The average Bonchev–Trinajstić information content (AvgIpc) is 2.76. The summed E-state index contributed by atoms with van der Waals surface area (Å²) in [5.41, 5.74) is 1.24. The Morgan fingerprint density at radius 3 is 2.34 bits per heavy atom. The number of rotatable bonds is 17. The van der Waals surface area contributed by atoms with E-state index in [1.807, 2.05) is 13.0 Å². The van der Waals surface area contributed by atoms with Crippen LogP contribution in [-0.2, 0) is 20.7 Å². The quantitative estimate of drug-likeness (QED) is 0.336. The van der Waals surface area contributed by atoms with Gasteiger partial charge in [-0.15, -0.1) is 12.4 Å². The third-order valence-electron chi connectivity index (χ3n) is 5.08. The minimum Gasteiger partial charge on any atom is -0.493 e. The minimum atomic E-state index is -0.0808. The molecule has 2 N–H and O–H groups in total. The molecule has 0 fully saturated rings. The second-order valence-electron chi connectivity index (χ2n) is 7.81. The molecule has 0 aliphatic heterocycles. The van der Waals surface area contributed by atoms with Crippen LogP contribution >= 0.6 is 12.4 Å². The van der Waals surface area contributed by atoms with Crippen molar-refractivity contribution >= 4 is 24.2 Å². The van der Waals surface area contributed by atoms with Crippen LogP contribution in [0.2, 0.25) is 0 Å². The van der Waals surface area contributed by atoms with Gasteiger partial charge in [-0.3, -0.25) is 9.59 Å². The van der Waals surface area contributed by atoms with Gasteiger partial charge in [-0.1, -0.05) is 32.3 Å². The molecule has 0 radical (unpaired) electrons. The number of halogens is 1. The van der Waals surface area contributed by atoms with E-state index in [-0.39, 0.29) is 30.1 Å². The van der Waals surface area contributed by atoms with Gasteiger partial charge in [0.05, 0.1) is 13.7 Å². The maximum Gasteiger partial charge on any atom is 0.222 e. The molecule has 0 bridgehead atoms. The molecule has 7 nitrogen and oxygen atoms in total. The third-order valence-corrected chi connectivity index (χ3v) is 5.08. The zero-order valence-corrected chi connectivity index (χ0v) is 20.9. The van der Waals surface area contributed by atoms with Gasteiger partial charge in [0.2, 0.25) is 11.8 Å². The van der Waals surface area contributed by atoms with Crippen LogP contribution in [0, 0.1) is 5.92 Å². The highest BCUT2D eigenvalue weighted by atomic mass is 35.5. The predicted molar refractivity (Wildman–Crippen MR) is 130 cm³/mol. The summed E-state index contributed by atoms with van der Waals surface area (Å²) in [7, 11) is 3.34. The number of hydrogen-bond acceptors (Lipinski definition) is 5. The van der Waals surface area contributed by atoms with Crippen LogP contribution in [0.5, 0.6) is 11.5 Å². The first-order valence-electron chi connectivity index (χ1n) is 11.3. The van der Waals surface area contributed by atoms with E-state index >= 15 is 0 Å². The molecular formula is C24H41ClN2O5. The zero-order valence-electron chi connectivity index (χ0n) is 20.0. The average molecular weight is 473 g/mol. The molecule has 32 heavy (non-hydrogen) atoms. The molecule has 1 rings (SSSR count). The number of carbonyl (C=O) groups excluding carboxylic acids is 2. The van der Waals surface area contributed by atoms with Gasteiger partial charge in [0, 0.05) is 46.1 Å². The molecule has 0 spiro atoms. The second kappa shape index (κ2) is 18.6. The fourth-order valence-electron chi connectivity index (χ4n) is 3.24. The van der Waals surface area contributed by atoms with Crippen molar-refractivity contribution in [1.29, 1.82) is 0 Å². The van der Waals surface area contributed by atoms with Crippen LogP contribution in [0.1, 0.15) is 57.9 Å². The Hall–Kier alpha value is -1.99. The van der Waals surface area contributed by atoms with Crippen molar-refractivity contribution in [2.45, 2.75) is 58.8 Å². The molecule has 0 saturated carbocycles. The molecule has 8 heteroatoms. The van der Waals surface area contributed by atoms with Crippen molar-refractivity contribution in [3.8, 4) is 11.5 Å². The van der Waals surface area contributed by atoms with Crippen LogP contribution in [-0.4, -0.2) is 52.3 Å². The smallest absolute Gasteiger partial charge is 0.222 e. The molecule has 2 amide bonds. The van der Waals surface area contributed by atoms with Gasteiger partial charge in [0.25, 0.3) is 0 Å². The third kappa shape index (κ3) is 13.4. The van der Waals surface area contributed by atoms with Crippen LogP contribution in [0.15, 0.2) is 18.2 Å². The number of methoxy groups -OCH3 is 2. The molecule has 0 saturated heterocycles. The lowest BCUT2D eigenvalue weighted by atomic mass is 10.00. The van der Waals surface area contributed by atoms with E-state index < -0.39 is 0 Å². The number of carbonyl (C=O) groups is 2. The Kier molecular flexibility index (Phi) is 17.4. The van der Waals surface area contributed by atoms with Gasteiger partial charge in [0.1, 0.15) is 0 Å². The molecule has 0 heterocycles. The van der Waals surface area contributed by atoms with E-state index in [4.69, 9.17) is 14.2 Å². The molecule has 0 aliphatic carbocycles. The number of benzene rings is 1. The highest BCUT2D eigenvalue weighted by molar-refractivity contribution is 5.85. The van der Waals surface area contributed by atoms with E-state index in [1.165, 1.54) is 12.5 Å². The molecule has 1 aromatic rings. The largest absolute Gasteiger partial charge is 0.493 e. The van der Waals surface area contributed by atoms with Gasteiger partial charge in [-0.2, -0.15) is 0 Å². The normalized spacial score (nSPS) is 11.2. The molecule has 1 atom stereocenters. The standard InChI is InChI=1S/C24H40N2O5.ClH/c1-19(24(28)26-15-14-25-20(2)27)10-7-5-6-8-11-21-12-13-22(30-4)23(18-21)31-17-9-16-29-3;/h12-13,18-19H,5-11,14-17H2,1-4H3,(H,25,27)(H,26,28);1H/t19-;/m1./s1. The lowest BCUT2D eigenvalue weighted by molar-refractivity contribution is -0.125. The van der Waals surface area contributed by atoms with E-state index in [9.17, 15) is 9.59 Å². The Labute approximate surface area is 199 Å². The molecule has 0 aliphatic rings. The first-order valence-corrected chi connectivity index (χ1v) is 11.3. The SMILES string of the molecule is COCCCOc1cc(CCCCCC[C@@H](C)C(=O)NCCNC(C)=O)ccc1OC.Cl. The Morgan fingerprint density at radius 1 is 0.938 bits per heavy atom. The minimum absolute atomic E-state index is 0. The first kappa shape index (κ1) is 30.0. The molecule has 1 aromatic carbocycles. The number of aryl methyl sites for hydroxylation is 1. The lowest BCUT2D eigenvalue weighted by Crippen LogP contribution is -2.36. The Morgan fingerprint density at radius 2 is 1.66 bits per heavy atom. The number of ether oxygens (including phenoxy) is 3. The summed E-state index contributed by atoms with van der Waals surface area (Å²) in [6.07, 6.45) is 7.11. The lowest BCUT2D eigenvalue weighted by Gasteiger charge is -2.13. The molecule has 184 valence electrons. The van der Waals surface area contributed by atoms with Crippen molar-refractivity contribution in [2.24, 2.45) is 5.92 Å². The summed E-state index contributed by atoms with van der Waals surface area (Å²) in [5, 5.41) is 5.54. The summed E-state index contributed by atoms with van der Waals surface area (Å²) in [6, 6.07) is 6.13. The zero-order chi connectivity index (χ0) is 22.9. The molecule has 0 aromatic heterocycles. The van der Waals surface area contributed by atoms with Crippen LogP contribution in [0.4, 0.5) is 0 Å². The monoisotopic (exact) mass is 472 g/mol. The van der Waals surface area contributed by atoms with Crippen molar-refractivity contribution in [3.63, 3.8) is 0 Å². The Balaban J connectivity index is 0.00000961. The van der Waals surface area contributed by atoms with Crippen LogP contribution < -0.4 is 20.1 Å². The highest BCUT2D eigenvalue weighted by Crippen LogP contribution is 2.29. The van der Waals surface area contributed by atoms with Crippen molar-refractivity contribution in [3.05, 3.63) is 23.8 Å². The molecule has 0 unspecified atom stereocenters. The number of unbranched alkanes of at least 4 members (excludes halogenated alkanes) is 3. The van der Waals surface area contributed by atoms with Crippen molar-refractivity contribution in [2.75, 3.05) is 40.5 Å². The van der Waals surface area contributed by atoms with Crippen molar-refractivity contribution < 1.29 is 23.8 Å². The van der Waals surface area contributed by atoms with Crippen molar-refractivity contribution in [1.82, 2.24) is 10.6 Å². The maximum absolute atomic E-state index is 12.0. The van der Waals surface area contributed by atoms with Gasteiger partial charge in [-0.05, 0) is 37.0 Å². The van der Waals surface area contributed by atoms with E-state index in [0.29, 0.717) is 26.3 Å². The van der Waals surface area contributed by atoms with E-state index in [0.717, 1.165) is 56.4 Å². The van der Waals surface area contributed by atoms with Gasteiger partial charge >= 0.3 is 0 Å². The fourth-order valence-corrected chi connectivity index (χ4v) is 3.24. The van der Waals surface area contributed by atoms with Gasteiger partial charge in [-0.25, -0.2) is 0 Å². The second-order valence-corrected chi connectivity index (χ2v) is 7.81. The topological polar surface area (TPSA) is 85.9 Å². The van der Waals surface area contributed by atoms with Crippen LogP contribution in [0.3, 0.4) is 0 Å². The summed E-state index contributed by atoms with van der Waals surface area (Å²) < 4.78 is 16.3. The number of hydrogen-bond donors (Lipinski definition) is 2. The highest BCUT2D eigenvalue weighted by Gasteiger charge is 2.11. The number of nitrogens with one attached hydrogen (secondary N) is 2. The predicted octanol–water partition coefficient (Wildman–Crippen LogP) is 3.91.